The summed E-state index contributed by atoms with van der Waals surface area (Å²) in [5.41, 5.74) is 2.33. The molecule has 1 heterocycles. The number of allylic oxidation sites excluding steroid dienone is 1. The summed E-state index contributed by atoms with van der Waals surface area (Å²) in [7, 11) is 0. The largest absolute Gasteiger partial charge is 0.494 e. The van der Waals surface area contributed by atoms with Crippen molar-refractivity contribution < 1.29 is 19.4 Å². The quantitative estimate of drug-likeness (QED) is 0.347. The molecule has 0 amide bonds. The molecule has 0 aliphatic rings. The van der Waals surface area contributed by atoms with Gasteiger partial charge in [0, 0.05) is 23.7 Å². The minimum atomic E-state index is -0.842. The Kier molecular flexibility index (Phi) is 6.36. The predicted octanol–water partition coefficient (Wildman–Crippen LogP) is 4.01. The van der Waals surface area contributed by atoms with E-state index in [1.807, 2.05) is 36.5 Å². The maximum atomic E-state index is 12.3. The van der Waals surface area contributed by atoms with Crippen LogP contribution in [0.5, 0.6) is 5.75 Å². The van der Waals surface area contributed by atoms with Gasteiger partial charge >= 0.3 is 5.97 Å². The number of hydrogen-bond donors (Lipinski definition) is 1. The molecular weight excluding hydrogens is 356 g/mol. The number of aliphatic carboxylic acids is 1. The highest BCUT2D eigenvalue weighted by molar-refractivity contribution is 6.06. The molecule has 28 heavy (non-hydrogen) atoms. The number of benzene rings is 2. The van der Waals surface area contributed by atoms with E-state index in [0.717, 1.165) is 11.3 Å². The van der Waals surface area contributed by atoms with Crippen LogP contribution in [0.25, 0.3) is 11.8 Å². The number of aromatic nitrogens is 2. The standard InChI is InChI=1S/C22H20N2O4/c25-21(18-9-11-20(12-10-18)28-14-4-7-22(26)27)13-8-17-15-23-24(16-17)19-5-2-1-3-6-19/h1-3,5-6,8-13,15-16H,4,7,14H2,(H,26,27)/b13-8+. The van der Waals surface area contributed by atoms with Crippen molar-refractivity contribution in [3.8, 4) is 11.4 Å². The molecule has 0 atom stereocenters. The highest BCUT2D eigenvalue weighted by Crippen LogP contribution is 2.14. The number of rotatable bonds is 9. The Hall–Kier alpha value is -3.67. The van der Waals surface area contributed by atoms with Crippen LogP contribution in [0.15, 0.2) is 73.1 Å². The van der Waals surface area contributed by atoms with Crippen molar-refractivity contribution in [3.05, 3.63) is 84.2 Å². The minimum absolute atomic E-state index is 0.0716. The van der Waals surface area contributed by atoms with E-state index in [-0.39, 0.29) is 12.2 Å². The summed E-state index contributed by atoms with van der Waals surface area (Å²) >= 11 is 0. The van der Waals surface area contributed by atoms with Gasteiger partial charge in [-0.15, -0.1) is 0 Å². The molecule has 1 aromatic heterocycles. The van der Waals surface area contributed by atoms with Gasteiger partial charge in [0.1, 0.15) is 5.75 Å². The first-order chi connectivity index (χ1) is 13.6. The van der Waals surface area contributed by atoms with Crippen LogP contribution in [-0.2, 0) is 4.79 Å². The Morgan fingerprint density at radius 1 is 1.07 bits per heavy atom. The van der Waals surface area contributed by atoms with Crippen molar-refractivity contribution in [2.24, 2.45) is 0 Å². The summed E-state index contributed by atoms with van der Waals surface area (Å²) in [5.74, 6) is -0.356. The van der Waals surface area contributed by atoms with E-state index in [1.54, 1.807) is 41.2 Å². The summed E-state index contributed by atoms with van der Waals surface area (Å²) in [4.78, 5) is 22.8. The molecule has 0 saturated carbocycles. The number of ketones is 1. The summed E-state index contributed by atoms with van der Waals surface area (Å²) < 4.78 is 7.21. The number of ether oxygens (including phenoxy) is 1. The second-order valence-corrected chi connectivity index (χ2v) is 6.12. The van der Waals surface area contributed by atoms with Crippen LogP contribution in [0.1, 0.15) is 28.8 Å². The number of hydrogen-bond acceptors (Lipinski definition) is 4. The molecule has 0 aliphatic heterocycles. The Balaban J connectivity index is 1.56. The van der Waals surface area contributed by atoms with Gasteiger partial charge in [0.05, 0.1) is 18.5 Å². The van der Waals surface area contributed by atoms with Crippen LogP contribution in [-0.4, -0.2) is 33.2 Å². The van der Waals surface area contributed by atoms with E-state index in [2.05, 4.69) is 5.10 Å². The Morgan fingerprint density at radius 3 is 2.54 bits per heavy atom. The van der Waals surface area contributed by atoms with Crippen molar-refractivity contribution in [1.29, 1.82) is 0 Å². The lowest BCUT2D eigenvalue weighted by Gasteiger charge is -2.05. The predicted molar refractivity (Wildman–Crippen MR) is 106 cm³/mol. The van der Waals surface area contributed by atoms with Gasteiger partial charge in [0.25, 0.3) is 0 Å². The molecule has 0 saturated heterocycles. The molecule has 0 unspecified atom stereocenters. The molecular formula is C22H20N2O4. The van der Waals surface area contributed by atoms with Gasteiger partial charge < -0.3 is 9.84 Å². The number of carboxylic acid groups (broad SMARTS) is 1. The molecule has 2 aromatic carbocycles. The second-order valence-electron chi connectivity index (χ2n) is 6.12. The zero-order chi connectivity index (χ0) is 19.8. The van der Waals surface area contributed by atoms with E-state index in [1.165, 1.54) is 6.08 Å². The Morgan fingerprint density at radius 2 is 1.82 bits per heavy atom. The van der Waals surface area contributed by atoms with Crippen molar-refractivity contribution >= 4 is 17.8 Å². The van der Waals surface area contributed by atoms with Crippen LogP contribution in [0.2, 0.25) is 0 Å². The van der Waals surface area contributed by atoms with Crippen molar-refractivity contribution in [3.63, 3.8) is 0 Å². The van der Waals surface area contributed by atoms with Crippen LogP contribution < -0.4 is 4.74 Å². The van der Waals surface area contributed by atoms with E-state index in [4.69, 9.17) is 9.84 Å². The summed E-state index contributed by atoms with van der Waals surface area (Å²) in [6.07, 6.45) is 7.30. The van der Waals surface area contributed by atoms with Gasteiger partial charge in [-0.2, -0.15) is 5.10 Å². The third-order valence-electron chi connectivity index (χ3n) is 3.99. The highest BCUT2D eigenvalue weighted by Gasteiger charge is 2.04. The number of para-hydroxylation sites is 1. The fourth-order valence-corrected chi connectivity index (χ4v) is 2.54. The Labute approximate surface area is 162 Å². The summed E-state index contributed by atoms with van der Waals surface area (Å²) in [6.45, 7) is 0.324. The zero-order valence-electron chi connectivity index (χ0n) is 15.2. The monoisotopic (exact) mass is 376 g/mol. The lowest BCUT2D eigenvalue weighted by molar-refractivity contribution is -0.137. The molecule has 6 heteroatoms. The summed E-state index contributed by atoms with van der Waals surface area (Å²) in [6, 6.07) is 16.5. The van der Waals surface area contributed by atoms with Crippen LogP contribution in [0, 0.1) is 0 Å². The Bertz CT molecular complexity index is 960. The molecule has 3 aromatic rings. The van der Waals surface area contributed by atoms with Gasteiger partial charge in [-0.25, -0.2) is 4.68 Å². The average molecular weight is 376 g/mol. The van der Waals surface area contributed by atoms with Gasteiger partial charge in [-0.3, -0.25) is 9.59 Å². The highest BCUT2D eigenvalue weighted by atomic mass is 16.5. The van der Waals surface area contributed by atoms with Gasteiger partial charge in [-0.1, -0.05) is 18.2 Å². The molecule has 3 rings (SSSR count). The maximum Gasteiger partial charge on any atom is 0.303 e. The normalized spacial score (nSPS) is 10.9. The molecule has 0 bridgehead atoms. The van der Waals surface area contributed by atoms with Gasteiger partial charge in [0.2, 0.25) is 0 Å². The van der Waals surface area contributed by atoms with Crippen LogP contribution in [0.4, 0.5) is 0 Å². The van der Waals surface area contributed by atoms with E-state index in [0.29, 0.717) is 24.3 Å². The lowest BCUT2D eigenvalue weighted by atomic mass is 10.1. The molecule has 1 N–H and O–H groups in total. The maximum absolute atomic E-state index is 12.3. The molecule has 142 valence electrons. The molecule has 0 radical (unpaired) electrons. The topological polar surface area (TPSA) is 81.4 Å². The number of carboxylic acids is 1. The first-order valence-electron chi connectivity index (χ1n) is 8.89. The number of carbonyl (C=O) groups excluding carboxylic acids is 1. The zero-order valence-corrected chi connectivity index (χ0v) is 15.2. The van der Waals surface area contributed by atoms with Crippen LogP contribution >= 0.6 is 0 Å². The van der Waals surface area contributed by atoms with E-state index < -0.39 is 5.97 Å². The molecule has 0 aliphatic carbocycles. The molecule has 0 spiro atoms. The van der Waals surface area contributed by atoms with Crippen molar-refractivity contribution in [2.75, 3.05) is 6.61 Å². The fourth-order valence-electron chi connectivity index (χ4n) is 2.54. The average Bonchev–Trinajstić information content (AvgIpc) is 3.19. The third-order valence-corrected chi connectivity index (χ3v) is 3.99. The number of nitrogens with zero attached hydrogens (tertiary/aromatic N) is 2. The molecule has 0 fully saturated rings. The van der Waals surface area contributed by atoms with E-state index in [9.17, 15) is 9.59 Å². The molecule has 6 nitrogen and oxygen atoms in total. The van der Waals surface area contributed by atoms with E-state index >= 15 is 0 Å². The fraction of sp³-hybridized carbons (Fsp3) is 0.136. The summed E-state index contributed by atoms with van der Waals surface area (Å²) in [5, 5.41) is 12.9. The lowest BCUT2D eigenvalue weighted by Crippen LogP contribution is -2.02. The first-order valence-corrected chi connectivity index (χ1v) is 8.89. The second kappa shape index (κ2) is 9.32. The van der Waals surface area contributed by atoms with Gasteiger partial charge in [-0.05, 0) is 55.0 Å². The minimum Gasteiger partial charge on any atom is -0.494 e. The third kappa shape index (κ3) is 5.41. The van der Waals surface area contributed by atoms with Crippen molar-refractivity contribution in [1.82, 2.24) is 9.78 Å². The van der Waals surface area contributed by atoms with Gasteiger partial charge in [0.15, 0.2) is 5.78 Å². The SMILES string of the molecule is O=C(O)CCCOc1ccc(C(=O)/C=C/c2cnn(-c3ccccc3)c2)cc1. The first kappa shape index (κ1) is 19.1. The van der Waals surface area contributed by atoms with Crippen LogP contribution in [0.3, 0.4) is 0 Å². The smallest absolute Gasteiger partial charge is 0.303 e. The number of carbonyl (C=O) groups is 2. The van der Waals surface area contributed by atoms with Crippen molar-refractivity contribution in [2.45, 2.75) is 12.8 Å².